The van der Waals surface area contributed by atoms with Gasteiger partial charge in [-0.2, -0.15) is 0 Å². The van der Waals surface area contributed by atoms with Crippen molar-refractivity contribution in [3.05, 3.63) is 23.8 Å². The summed E-state index contributed by atoms with van der Waals surface area (Å²) in [6, 6.07) is 0. The van der Waals surface area contributed by atoms with Gasteiger partial charge in [-0.3, -0.25) is 4.79 Å². The highest BCUT2D eigenvalue weighted by Crippen LogP contribution is 2.45. The van der Waals surface area contributed by atoms with Crippen molar-refractivity contribution in [3.8, 4) is 0 Å². The maximum Gasteiger partial charge on any atom is 0.332 e. The van der Waals surface area contributed by atoms with E-state index in [2.05, 4.69) is 0 Å². The number of carboxylic acids is 2. The molecule has 0 aromatic rings. The van der Waals surface area contributed by atoms with E-state index < -0.39 is 23.3 Å². The molecule has 0 heterocycles. The lowest BCUT2D eigenvalue weighted by Gasteiger charge is -2.39. The van der Waals surface area contributed by atoms with Crippen molar-refractivity contribution in [2.24, 2.45) is 17.3 Å². The highest BCUT2D eigenvalue weighted by Gasteiger charge is 2.46. The van der Waals surface area contributed by atoms with E-state index in [0.29, 0.717) is 0 Å². The molecule has 0 radical (unpaired) electrons. The van der Waals surface area contributed by atoms with Crippen molar-refractivity contribution >= 4 is 11.9 Å². The standard InChI is InChI=1S/C12H16O4/c1-7(2)12(3)8(10(13)14)5-4-6-9(12)11(15)16/h4-8H,1-3H3,(H,13,14)(H,15,16)/t8?,12-/m0/s1. The third-order valence-electron chi connectivity index (χ3n) is 3.49. The number of rotatable bonds is 3. The third-order valence-corrected chi connectivity index (χ3v) is 3.49. The summed E-state index contributed by atoms with van der Waals surface area (Å²) >= 11 is 0. The van der Waals surface area contributed by atoms with Crippen LogP contribution in [-0.2, 0) is 9.59 Å². The van der Waals surface area contributed by atoms with E-state index in [1.807, 2.05) is 13.8 Å². The third kappa shape index (κ3) is 1.75. The first kappa shape index (κ1) is 12.5. The number of hydrogen-bond donors (Lipinski definition) is 2. The highest BCUT2D eigenvalue weighted by atomic mass is 16.4. The molecule has 16 heavy (non-hydrogen) atoms. The molecular weight excluding hydrogens is 208 g/mol. The molecule has 0 aliphatic heterocycles. The van der Waals surface area contributed by atoms with Gasteiger partial charge < -0.3 is 10.2 Å². The van der Waals surface area contributed by atoms with Gasteiger partial charge >= 0.3 is 11.9 Å². The maximum absolute atomic E-state index is 11.2. The molecule has 0 saturated heterocycles. The Morgan fingerprint density at radius 3 is 2.31 bits per heavy atom. The van der Waals surface area contributed by atoms with Gasteiger partial charge in [0.15, 0.2) is 0 Å². The Bertz CT molecular complexity index is 378. The van der Waals surface area contributed by atoms with Gasteiger partial charge in [0.2, 0.25) is 0 Å². The largest absolute Gasteiger partial charge is 0.481 e. The zero-order valence-corrected chi connectivity index (χ0v) is 9.60. The molecule has 1 aliphatic rings. The zero-order chi connectivity index (χ0) is 12.5. The average Bonchev–Trinajstić information content (AvgIpc) is 2.16. The molecule has 0 spiro atoms. The minimum atomic E-state index is -1.05. The summed E-state index contributed by atoms with van der Waals surface area (Å²) in [6.07, 6.45) is 4.54. The fourth-order valence-electron chi connectivity index (χ4n) is 2.12. The van der Waals surface area contributed by atoms with Crippen LogP contribution in [0.1, 0.15) is 20.8 Å². The van der Waals surface area contributed by atoms with Gasteiger partial charge in [-0.1, -0.05) is 39.0 Å². The lowest BCUT2D eigenvalue weighted by molar-refractivity contribution is -0.145. The van der Waals surface area contributed by atoms with E-state index >= 15 is 0 Å². The van der Waals surface area contributed by atoms with E-state index in [4.69, 9.17) is 10.2 Å². The first-order valence-electron chi connectivity index (χ1n) is 5.16. The fraction of sp³-hybridized carbons (Fsp3) is 0.500. The first-order chi connectivity index (χ1) is 7.31. The predicted molar refractivity (Wildman–Crippen MR) is 58.9 cm³/mol. The van der Waals surface area contributed by atoms with Crippen LogP contribution in [0.5, 0.6) is 0 Å². The Kier molecular flexibility index (Phi) is 3.21. The molecule has 1 rings (SSSR count). The molecule has 0 bridgehead atoms. The van der Waals surface area contributed by atoms with Crippen molar-refractivity contribution in [1.82, 2.24) is 0 Å². The second-order valence-electron chi connectivity index (χ2n) is 4.52. The molecule has 0 saturated carbocycles. The van der Waals surface area contributed by atoms with Gasteiger partial charge in [-0.25, -0.2) is 4.79 Å². The number of hydrogen-bond acceptors (Lipinski definition) is 2. The Morgan fingerprint density at radius 2 is 1.94 bits per heavy atom. The summed E-state index contributed by atoms with van der Waals surface area (Å²) in [5.41, 5.74) is -0.704. The van der Waals surface area contributed by atoms with Crippen molar-refractivity contribution in [2.45, 2.75) is 20.8 Å². The van der Waals surface area contributed by atoms with E-state index in [1.165, 1.54) is 12.2 Å². The Hall–Kier alpha value is -1.58. The monoisotopic (exact) mass is 224 g/mol. The van der Waals surface area contributed by atoms with E-state index in [0.717, 1.165) is 0 Å². The zero-order valence-electron chi connectivity index (χ0n) is 9.60. The summed E-state index contributed by atoms with van der Waals surface area (Å²) in [6.45, 7) is 5.37. The Labute approximate surface area is 94.3 Å². The van der Waals surface area contributed by atoms with Crippen LogP contribution in [0, 0.1) is 17.3 Å². The summed E-state index contributed by atoms with van der Waals surface area (Å²) in [4.78, 5) is 22.3. The van der Waals surface area contributed by atoms with Crippen molar-refractivity contribution < 1.29 is 19.8 Å². The van der Waals surface area contributed by atoms with E-state index in [-0.39, 0.29) is 11.5 Å². The minimum Gasteiger partial charge on any atom is -0.481 e. The highest BCUT2D eigenvalue weighted by molar-refractivity contribution is 5.91. The van der Waals surface area contributed by atoms with Crippen LogP contribution in [0.3, 0.4) is 0 Å². The lowest BCUT2D eigenvalue weighted by Crippen LogP contribution is -2.41. The van der Waals surface area contributed by atoms with E-state index in [9.17, 15) is 9.59 Å². The molecule has 4 heteroatoms. The quantitative estimate of drug-likeness (QED) is 0.768. The van der Waals surface area contributed by atoms with Crippen LogP contribution in [-0.4, -0.2) is 22.2 Å². The second-order valence-corrected chi connectivity index (χ2v) is 4.52. The molecular formula is C12H16O4. The summed E-state index contributed by atoms with van der Waals surface area (Å²) in [5.74, 6) is -2.89. The van der Waals surface area contributed by atoms with Crippen LogP contribution in [0.4, 0.5) is 0 Å². The maximum atomic E-state index is 11.2. The average molecular weight is 224 g/mol. The smallest absolute Gasteiger partial charge is 0.332 e. The SMILES string of the molecule is CC(C)[C@]1(C)C(C(=O)O)=CC=CC1C(=O)O. The molecule has 2 atom stereocenters. The fourth-order valence-corrected chi connectivity index (χ4v) is 2.12. The van der Waals surface area contributed by atoms with Gasteiger partial charge in [0.25, 0.3) is 0 Å². The molecule has 2 N–H and O–H groups in total. The van der Waals surface area contributed by atoms with Crippen molar-refractivity contribution in [2.75, 3.05) is 0 Å². The molecule has 4 nitrogen and oxygen atoms in total. The van der Waals surface area contributed by atoms with Crippen molar-refractivity contribution in [3.63, 3.8) is 0 Å². The summed E-state index contributed by atoms with van der Waals surface area (Å²) < 4.78 is 0. The molecule has 1 aliphatic carbocycles. The Morgan fingerprint density at radius 1 is 1.38 bits per heavy atom. The molecule has 0 aromatic heterocycles. The van der Waals surface area contributed by atoms with Gasteiger partial charge in [-0.05, 0) is 5.92 Å². The lowest BCUT2D eigenvalue weighted by atomic mass is 9.62. The van der Waals surface area contributed by atoms with Crippen LogP contribution in [0.2, 0.25) is 0 Å². The second kappa shape index (κ2) is 4.12. The van der Waals surface area contributed by atoms with Gasteiger partial charge in [0.05, 0.1) is 5.92 Å². The van der Waals surface area contributed by atoms with Gasteiger partial charge in [0, 0.05) is 11.0 Å². The minimum absolute atomic E-state index is 0.0686. The number of carboxylic acid groups (broad SMARTS) is 2. The summed E-state index contributed by atoms with van der Waals surface area (Å²) in [5, 5.41) is 18.3. The van der Waals surface area contributed by atoms with Crippen LogP contribution >= 0.6 is 0 Å². The first-order valence-corrected chi connectivity index (χ1v) is 5.16. The Balaban J connectivity index is 3.30. The van der Waals surface area contributed by atoms with Crippen molar-refractivity contribution in [1.29, 1.82) is 0 Å². The topological polar surface area (TPSA) is 74.6 Å². The van der Waals surface area contributed by atoms with Crippen LogP contribution in [0.25, 0.3) is 0 Å². The molecule has 0 fully saturated rings. The van der Waals surface area contributed by atoms with Gasteiger partial charge in [-0.15, -0.1) is 0 Å². The van der Waals surface area contributed by atoms with Crippen LogP contribution < -0.4 is 0 Å². The number of carbonyl (C=O) groups is 2. The molecule has 0 amide bonds. The predicted octanol–water partition coefficient (Wildman–Crippen LogP) is 1.93. The molecule has 1 unspecified atom stereocenters. The van der Waals surface area contributed by atoms with E-state index in [1.54, 1.807) is 13.0 Å². The summed E-state index contributed by atoms with van der Waals surface area (Å²) in [7, 11) is 0. The van der Waals surface area contributed by atoms with Gasteiger partial charge in [0.1, 0.15) is 0 Å². The van der Waals surface area contributed by atoms with Crippen LogP contribution in [0.15, 0.2) is 23.8 Å². The number of allylic oxidation sites excluding steroid dienone is 2. The molecule has 0 aromatic carbocycles. The number of aliphatic carboxylic acids is 2. The molecule has 88 valence electrons. The normalized spacial score (nSPS) is 29.0.